The van der Waals surface area contributed by atoms with Crippen molar-refractivity contribution in [2.24, 2.45) is 0 Å². The molecule has 0 saturated heterocycles. The number of esters is 1. The molecule has 5 rings (SSSR count). The summed E-state index contributed by atoms with van der Waals surface area (Å²) in [6.45, 7) is 3.72. The fourth-order valence-electron chi connectivity index (χ4n) is 4.58. The van der Waals surface area contributed by atoms with E-state index in [1.165, 1.54) is 6.92 Å². The first-order chi connectivity index (χ1) is 13.1. The van der Waals surface area contributed by atoms with Gasteiger partial charge < -0.3 is 19.1 Å². The van der Waals surface area contributed by atoms with Crippen LogP contribution in [0.2, 0.25) is 0 Å². The third kappa shape index (κ3) is 2.25. The fraction of sp³-hybridized carbons (Fsp3) is 0.333. The lowest BCUT2D eigenvalue weighted by Crippen LogP contribution is -2.44. The van der Waals surface area contributed by atoms with Crippen molar-refractivity contribution < 1.29 is 23.8 Å². The highest BCUT2D eigenvalue weighted by Gasteiger charge is 2.46. The highest BCUT2D eigenvalue weighted by molar-refractivity contribution is 5.86. The van der Waals surface area contributed by atoms with Crippen LogP contribution < -0.4 is 9.47 Å². The van der Waals surface area contributed by atoms with Gasteiger partial charge in [0, 0.05) is 31.5 Å². The average Bonchev–Trinajstić information content (AvgIpc) is 3.11. The first-order valence-corrected chi connectivity index (χ1v) is 9.05. The Labute approximate surface area is 156 Å². The summed E-state index contributed by atoms with van der Waals surface area (Å²) in [5.74, 6) is 1.04. The van der Waals surface area contributed by atoms with Crippen LogP contribution in [0.25, 0.3) is 11.1 Å². The maximum absolute atomic E-state index is 12.4. The quantitative estimate of drug-likeness (QED) is 0.727. The summed E-state index contributed by atoms with van der Waals surface area (Å²) in [5.41, 5.74) is 4.92. The normalized spacial score (nSPS) is 21.3. The first-order valence-electron chi connectivity index (χ1n) is 9.05. The number of amides is 1. The first kappa shape index (κ1) is 16.2. The van der Waals surface area contributed by atoms with E-state index in [-0.39, 0.29) is 24.7 Å². The van der Waals surface area contributed by atoms with Crippen LogP contribution in [-0.4, -0.2) is 30.1 Å². The van der Waals surface area contributed by atoms with E-state index in [2.05, 4.69) is 0 Å². The summed E-state index contributed by atoms with van der Waals surface area (Å²) in [4.78, 5) is 26.1. The van der Waals surface area contributed by atoms with Crippen LogP contribution in [-0.2, 0) is 20.7 Å². The molecule has 0 spiro atoms. The third-order valence-corrected chi connectivity index (χ3v) is 5.56. The summed E-state index contributed by atoms with van der Waals surface area (Å²) in [6, 6.07) is 9.47. The standard InChI is InChI=1S/C21H19NO5/c1-11(23)22-8-7-13-9-16-21(26-10-25-16)18-14-5-3-4-6-15(14)20(27-12(2)24)19(22)17(13)18/h3-6,9,19-20H,7-8,10H2,1-2H3/t19-,20+/m1/s1. The second-order valence-corrected chi connectivity index (χ2v) is 7.08. The number of benzene rings is 2. The fourth-order valence-corrected chi connectivity index (χ4v) is 4.58. The minimum atomic E-state index is -0.547. The van der Waals surface area contributed by atoms with E-state index in [9.17, 15) is 9.59 Å². The molecule has 6 heteroatoms. The largest absolute Gasteiger partial charge is 0.455 e. The van der Waals surface area contributed by atoms with Gasteiger partial charge >= 0.3 is 5.97 Å². The van der Waals surface area contributed by atoms with Gasteiger partial charge in [0.15, 0.2) is 17.6 Å². The molecule has 0 N–H and O–H groups in total. The van der Waals surface area contributed by atoms with E-state index in [4.69, 9.17) is 14.2 Å². The lowest BCUT2D eigenvalue weighted by atomic mass is 9.75. The topological polar surface area (TPSA) is 65.1 Å². The maximum atomic E-state index is 12.4. The highest BCUT2D eigenvalue weighted by Crippen LogP contribution is 2.57. The van der Waals surface area contributed by atoms with Gasteiger partial charge in [-0.15, -0.1) is 0 Å². The molecule has 0 aromatic heterocycles. The maximum Gasteiger partial charge on any atom is 0.303 e. The number of rotatable bonds is 1. The lowest BCUT2D eigenvalue weighted by Gasteiger charge is -2.45. The van der Waals surface area contributed by atoms with Gasteiger partial charge in [-0.05, 0) is 29.2 Å². The Morgan fingerprint density at radius 2 is 2.00 bits per heavy atom. The molecule has 0 saturated carbocycles. The molecule has 2 aliphatic heterocycles. The van der Waals surface area contributed by atoms with E-state index >= 15 is 0 Å². The molecule has 2 atom stereocenters. The number of carbonyl (C=O) groups is 2. The monoisotopic (exact) mass is 365 g/mol. The van der Waals surface area contributed by atoms with Crippen molar-refractivity contribution in [2.75, 3.05) is 13.3 Å². The van der Waals surface area contributed by atoms with Crippen LogP contribution in [0.3, 0.4) is 0 Å². The van der Waals surface area contributed by atoms with E-state index in [1.54, 1.807) is 11.8 Å². The van der Waals surface area contributed by atoms with Crippen molar-refractivity contribution in [3.63, 3.8) is 0 Å². The van der Waals surface area contributed by atoms with Crippen LogP contribution in [0.4, 0.5) is 0 Å². The van der Waals surface area contributed by atoms with Crippen molar-refractivity contribution in [1.29, 1.82) is 0 Å². The molecule has 6 nitrogen and oxygen atoms in total. The lowest BCUT2D eigenvalue weighted by molar-refractivity contribution is -0.155. The molecule has 27 heavy (non-hydrogen) atoms. The molecular weight excluding hydrogens is 346 g/mol. The Hall–Kier alpha value is -3.02. The number of hydrogen-bond acceptors (Lipinski definition) is 5. The predicted octanol–water partition coefficient (Wildman–Crippen LogP) is 3.15. The zero-order chi connectivity index (χ0) is 18.7. The molecule has 1 amide bonds. The Kier molecular flexibility index (Phi) is 3.44. The summed E-state index contributed by atoms with van der Waals surface area (Å²) >= 11 is 0. The minimum absolute atomic E-state index is 0.0363. The zero-order valence-corrected chi connectivity index (χ0v) is 15.2. The predicted molar refractivity (Wildman–Crippen MR) is 96.3 cm³/mol. The molecule has 138 valence electrons. The molecule has 0 fully saturated rings. The molecular formula is C21H19NO5. The Balaban J connectivity index is 1.84. The molecule has 1 aliphatic carbocycles. The Morgan fingerprint density at radius 1 is 1.19 bits per heavy atom. The zero-order valence-electron chi connectivity index (χ0n) is 15.2. The summed E-state index contributed by atoms with van der Waals surface area (Å²) in [5, 5.41) is 0. The van der Waals surface area contributed by atoms with Crippen LogP contribution in [0.1, 0.15) is 42.7 Å². The van der Waals surface area contributed by atoms with Crippen molar-refractivity contribution in [2.45, 2.75) is 32.4 Å². The third-order valence-electron chi connectivity index (χ3n) is 5.56. The van der Waals surface area contributed by atoms with E-state index < -0.39 is 6.10 Å². The van der Waals surface area contributed by atoms with Crippen LogP contribution >= 0.6 is 0 Å². The Morgan fingerprint density at radius 3 is 2.78 bits per heavy atom. The molecule has 2 heterocycles. The average molecular weight is 365 g/mol. The molecule has 2 aromatic rings. The Bertz CT molecular complexity index is 983. The van der Waals surface area contributed by atoms with Gasteiger partial charge in [-0.1, -0.05) is 24.3 Å². The van der Waals surface area contributed by atoms with Crippen molar-refractivity contribution in [3.8, 4) is 22.6 Å². The van der Waals surface area contributed by atoms with Gasteiger partial charge in [0.25, 0.3) is 0 Å². The number of carbonyl (C=O) groups excluding carboxylic acids is 2. The molecule has 2 aromatic carbocycles. The van der Waals surface area contributed by atoms with Crippen LogP contribution in [0, 0.1) is 0 Å². The van der Waals surface area contributed by atoms with Gasteiger partial charge in [-0.25, -0.2) is 0 Å². The van der Waals surface area contributed by atoms with Crippen molar-refractivity contribution >= 4 is 11.9 Å². The number of fused-ring (bicyclic) bond motifs is 4. The van der Waals surface area contributed by atoms with Crippen LogP contribution in [0.15, 0.2) is 30.3 Å². The summed E-state index contributed by atoms with van der Waals surface area (Å²) < 4.78 is 17.2. The van der Waals surface area contributed by atoms with Gasteiger partial charge in [0.1, 0.15) is 0 Å². The smallest absolute Gasteiger partial charge is 0.303 e. The molecule has 0 unspecified atom stereocenters. The van der Waals surface area contributed by atoms with Crippen LogP contribution in [0.5, 0.6) is 11.5 Å². The van der Waals surface area contributed by atoms with Gasteiger partial charge in [-0.3, -0.25) is 9.59 Å². The van der Waals surface area contributed by atoms with E-state index in [0.717, 1.165) is 40.0 Å². The van der Waals surface area contributed by atoms with Gasteiger partial charge in [0.05, 0.1) is 6.04 Å². The summed E-state index contributed by atoms with van der Waals surface area (Å²) in [6.07, 6.45) is 0.179. The summed E-state index contributed by atoms with van der Waals surface area (Å²) in [7, 11) is 0. The second kappa shape index (κ2) is 5.74. The van der Waals surface area contributed by atoms with Crippen molar-refractivity contribution in [3.05, 3.63) is 47.0 Å². The van der Waals surface area contributed by atoms with Gasteiger partial charge in [0.2, 0.25) is 12.7 Å². The molecule has 0 bridgehead atoms. The minimum Gasteiger partial charge on any atom is -0.455 e. The van der Waals surface area contributed by atoms with Crippen molar-refractivity contribution in [1.82, 2.24) is 4.90 Å². The number of nitrogens with zero attached hydrogens (tertiary/aromatic N) is 1. The number of ether oxygens (including phenoxy) is 3. The number of hydrogen-bond donors (Lipinski definition) is 0. The highest BCUT2D eigenvalue weighted by atomic mass is 16.7. The van der Waals surface area contributed by atoms with Gasteiger partial charge in [-0.2, -0.15) is 0 Å². The molecule has 3 aliphatic rings. The van der Waals surface area contributed by atoms with E-state index in [1.807, 2.05) is 30.3 Å². The SMILES string of the molecule is CC(=O)O[C@H]1c2ccccc2-c2c3c(cc4c2[C@H]1N(C(C)=O)CC4)OCO3. The van der Waals surface area contributed by atoms with E-state index in [0.29, 0.717) is 12.3 Å². The second-order valence-electron chi connectivity index (χ2n) is 7.08. The molecule has 0 radical (unpaired) electrons.